The van der Waals surface area contributed by atoms with E-state index >= 15 is 0 Å². The van der Waals surface area contributed by atoms with Crippen LogP contribution in [-0.4, -0.2) is 29.2 Å². The van der Waals surface area contributed by atoms with Crippen molar-refractivity contribution >= 4 is 0 Å². The molecule has 1 fully saturated rings. The van der Waals surface area contributed by atoms with Crippen LogP contribution in [0.5, 0.6) is 0 Å². The lowest BCUT2D eigenvalue weighted by atomic mass is 9.84. The fourth-order valence-corrected chi connectivity index (χ4v) is 4.93. The van der Waals surface area contributed by atoms with Crippen molar-refractivity contribution in [1.29, 1.82) is 0 Å². The van der Waals surface area contributed by atoms with E-state index in [1.807, 2.05) is 0 Å². The van der Waals surface area contributed by atoms with E-state index in [1.54, 1.807) is 0 Å². The molecule has 0 aromatic carbocycles. The van der Waals surface area contributed by atoms with Gasteiger partial charge in [0.2, 0.25) is 0 Å². The van der Waals surface area contributed by atoms with Crippen LogP contribution in [0.4, 0.5) is 0 Å². The van der Waals surface area contributed by atoms with Crippen LogP contribution in [0.2, 0.25) is 0 Å². The van der Waals surface area contributed by atoms with Crippen LogP contribution in [-0.2, 0) is 0 Å². The normalized spacial score (nSPS) is 28.0. The van der Waals surface area contributed by atoms with Gasteiger partial charge in [-0.05, 0) is 70.8 Å². The zero-order valence-corrected chi connectivity index (χ0v) is 16.8. The molecule has 1 aliphatic carbocycles. The molecule has 2 nitrogen and oxygen atoms in total. The minimum Gasteiger partial charge on any atom is -0.297 e. The van der Waals surface area contributed by atoms with E-state index in [4.69, 9.17) is 0 Å². The highest BCUT2D eigenvalue weighted by Crippen LogP contribution is 2.62. The van der Waals surface area contributed by atoms with E-state index in [0.717, 1.165) is 12.5 Å². The van der Waals surface area contributed by atoms with Crippen LogP contribution >= 0.6 is 0 Å². The van der Waals surface area contributed by atoms with Crippen molar-refractivity contribution in [3.63, 3.8) is 0 Å². The van der Waals surface area contributed by atoms with Crippen LogP contribution in [0, 0.1) is 17.3 Å². The quantitative estimate of drug-likeness (QED) is 0.552. The first-order valence-corrected chi connectivity index (χ1v) is 9.67. The highest BCUT2D eigenvalue weighted by atomic mass is 15.4. The summed E-state index contributed by atoms with van der Waals surface area (Å²) in [6.45, 7) is 22.4. The van der Waals surface area contributed by atoms with Gasteiger partial charge in [-0.3, -0.25) is 10.2 Å². The van der Waals surface area contributed by atoms with Gasteiger partial charge in [0, 0.05) is 12.1 Å². The van der Waals surface area contributed by atoms with Gasteiger partial charge in [-0.1, -0.05) is 41.0 Å². The fourth-order valence-electron chi connectivity index (χ4n) is 4.93. The summed E-state index contributed by atoms with van der Waals surface area (Å²) in [5.74, 6) is 1.50. The Bertz CT molecular complexity index is 325. The molecule has 0 heterocycles. The highest BCUT2D eigenvalue weighted by molar-refractivity contribution is 5.13. The Kier molecular flexibility index (Phi) is 6.95. The Hall–Kier alpha value is -0.0800. The average Bonchev–Trinajstić information content (AvgIpc) is 3.00. The molecule has 1 N–H and O–H groups in total. The maximum Gasteiger partial charge on any atom is 0.0753 e. The van der Waals surface area contributed by atoms with Gasteiger partial charge in [0.25, 0.3) is 0 Å². The largest absolute Gasteiger partial charge is 0.297 e. The second kappa shape index (κ2) is 7.66. The summed E-state index contributed by atoms with van der Waals surface area (Å²) in [6.07, 6.45) is 5.31. The SMILES string of the molecule is CCCC1(C)CC1C(CC(C)C)(NC(C)C)N(CC)C(C)C. The molecule has 0 saturated heterocycles. The van der Waals surface area contributed by atoms with E-state index in [0.29, 0.717) is 23.4 Å². The molecule has 0 aliphatic heterocycles. The molecule has 0 spiro atoms. The topological polar surface area (TPSA) is 15.3 Å². The molecule has 0 aromatic rings. The lowest BCUT2D eigenvalue weighted by Gasteiger charge is -2.50. The third kappa shape index (κ3) is 4.26. The summed E-state index contributed by atoms with van der Waals surface area (Å²) in [6, 6.07) is 1.11. The number of rotatable bonds is 10. The summed E-state index contributed by atoms with van der Waals surface area (Å²) in [7, 11) is 0. The first kappa shape index (κ1) is 20.0. The van der Waals surface area contributed by atoms with E-state index in [-0.39, 0.29) is 5.66 Å². The molecule has 0 aromatic heterocycles. The fraction of sp³-hybridized carbons (Fsp3) is 1.00. The number of nitrogens with one attached hydrogen (secondary N) is 1. The Morgan fingerprint density at radius 1 is 1.14 bits per heavy atom. The van der Waals surface area contributed by atoms with Gasteiger partial charge in [-0.15, -0.1) is 0 Å². The van der Waals surface area contributed by atoms with Gasteiger partial charge in [-0.25, -0.2) is 0 Å². The maximum absolute atomic E-state index is 4.06. The second-order valence-corrected chi connectivity index (χ2v) is 8.86. The molecule has 0 amide bonds. The van der Waals surface area contributed by atoms with Crippen molar-refractivity contribution in [1.82, 2.24) is 10.2 Å². The van der Waals surface area contributed by atoms with Gasteiger partial charge in [-0.2, -0.15) is 0 Å². The second-order valence-electron chi connectivity index (χ2n) is 8.86. The molecule has 0 bridgehead atoms. The molecular formula is C20H42N2. The lowest BCUT2D eigenvalue weighted by molar-refractivity contribution is -0.0219. The van der Waals surface area contributed by atoms with Crippen molar-refractivity contribution in [3.05, 3.63) is 0 Å². The summed E-state index contributed by atoms with van der Waals surface area (Å²) in [4.78, 5) is 2.75. The average molecular weight is 311 g/mol. The molecule has 3 unspecified atom stereocenters. The predicted octanol–water partition coefficient (Wildman–Crippen LogP) is 5.28. The van der Waals surface area contributed by atoms with Crippen molar-refractivity contribution in [2.45, 2.75) is 106 Å². The molecule has 3 atom stereocenters. The third-order valence-electron chi connectivity index (χ3n) is 5.48. The number of nitrogens with zero attached hydrogens (tertiary/aromatic N) is 1. The molecule has 1 rings (SSSR count). The van der Waals surface area contributed by atoms with Crippen molar-refractivity contribution in [2.24, 2.45) is 17.3 Å². The molecule has 2 heteroatoms. The summed E-state index contributed by atoms with van der Waals surface area (Å²) < 4.78 is 0. The van der Waals surface area contributed by atoms with Gasteiger partial charge in [0.05, 0.1) is 5.66 Å². The first-order valence-electron chi connectivity index (χ1n) is 9.67. The highest BCUT2D eigenvalue weighted by Gasteiger charge is 2.62. The lowest BCUT2D eigenvalue weighted by Crippen LogP contribution is -2.65. The summed E-state index contributed by atoms with van der Waals surface area (Å²) in [5, 5.41) is 4.06. The van der Waals surface area contributed by atoms with Crippen molar-refractivity contribution in [3.8, 4) is 0 Å². The zero-order valence-electron chi connectivity index (χ0n) is 16.8. The monoisotopic (exact) mass is 310 g/mol. The Morgan fingerprint density at radius 2 is 1.73 bits per heavy atom. The first-order chi connectivity index (χ1) is 10.1. The minimum absolute atomic E-state index is 0.162. The zero-order chi connectivity index (χ0) is 17.1. The standard InChI is InChI=1S/C20H42N2/c1-10-12-19(9)14-18(19)20(13-15(3)4,21-16(5)6)22(11-2)17(7)8/h15-18,21H,10-14H2,1-9H3. The van der Waals surface area contributed by atoms with Gasteiger partial charge in [0.15, 0.2) is 0 Å². The maximum atomic E-state index is 4.06. The van der Waals surface area contributed by atoms with Gasteiger partial charge >= 0.3 is 0 Å². The van der Waals surface area contributed by atoms with Crippen LogP contribution in [0.25, 0.3) is 0 Å². The van der Waals surface area contributed by atoms with Crippen molar-refractivity contribution < 1.29 is 0 Å². The van der Waals surface area contributed by atoms with Crippen LogP contribution in [0.1, 0.15) is 88.0 Å². The van der Waals surface area contributed by atoms with Gasteiger partial charge in [0.1, 0.15) is 0 Å². The number of hydrogen-bond acceptors (Lipinski definition) is 2. The molecule has 0 radical (unpaired) electrons. The van der Waals surface area contributed by atoms with E-state index in [1.165, 1.54) is 25.7 Å². The molecule has 1 saturated carbocycles. The van der Waals surface area contributed by atoms with E-state index in [2.05, 4.69) is 72.5 Å². The van der Waals surface area contributed by atoms with Crippen molar-refractivity contribution in [2.75, 3.05) is 6.54 Å². The Labute approximate surface area is 140 Å². The Morgan fingerprint density at radius 3 is 2.09 bits per heavy atom. The molecule has 22 heavy (non-hydrogen) atoms. The Balaban J connectivity index is 3.21. The van der Waals surface area contributed by atoms with Crippen LogP contribution in [0.3, 0.4) is 0 Å². The predicted molar refractivity (Wildman–Crippen MR) is 99.1 cm³/mol. The third-order valence-corrected chi connectivity index (χ3v) is 5.48. The van der Waals surface area contributed by atoms with E-state index in [9.17, 15) is 0 Å². The molecular weight excluding hydrogens is 268 g/mol. The van der Waals surface area contributed by atoms with Crippen LogP contribution in [0.15, 0.2) is 0 Å². The molecule has 132 valence electrons. The summed E-state index contributed by atoms with van der Waals surface area (Å²) >= 11 is 0. The smallest absolute Gasteiger partial charge is 0.0753 e. The van der Waals surface area contributed by atoms with E-state index < -0.39 is 0 Å². The minimum atomic E-state index is 0.162. The molecule has 1 aliphatic rings. The summed E-state index contributed by atoms with van der Waals surface area (Å²) in [5.41, 5.74) is 0.697. The van der Waals surface area contributed by atoms with Gasteiger partial charge < -0.3 is 0 Å². The number of hydrogen-bond donors (Lipinski definition) is 1. The van der Waals surface area contributed by atoms with Crippen LogP contribution < -0.4 is 5.32 Å².